The number of carbonyl (C=O) groups excluding carboxylic acids is 1. The molecule has 1 fully saturated rings. The van der Waals surface area contributed by atoms with Crippen molar-refractivity contribution >= 4 is 5.91 Å². The van der Waals surface area contributed by atoms with E-state index in [-0.39, 0.29) is 11.9 Å². The molecule has 0 aromatic heterocycles. The van der Waals surface area contributed by atoms with Crippen molar-refractivity contribution in [2.24, 2.45) is 5.41 Å². The summed E-state index contributed by atoms with van der Waals surface area (Å²) in [6.07, 6.45) is -1.54. The van der Waals surface area contributed by atoms with Gasteiger partial charge < -0.3 is 20.8 Å². The molecule has 4 N–H and O–H groups in total. The molecule has 0 aromatic rings. The highest BCUT2D eigenvalue weighted by molar-refractivity contribution is 5.81. The normalized spacial score (nSPS) is 31.7. The summed E-state index contributed by atoms with van der Waals surface area (Å²) < 4.78 is 0. The molecule has 1 amide bonds. The summed E-state index contributed by atoms with van der Waals surface area (Å²) in [5, 5.41) is 24.5. The van der Waals surface area contributed by atoms with Crippen LogP contribution in [0.2, 0.25) is 0 Å². The van der Waals surface area contributed by atoms with Crippen LogP contribution in [-0.2, 0) is 4.79 Å². The molecule has 5 heteroatoms. The van der Waals surface area contributed by atoms with Gasteiger partial charge in [-0.05, 0) is 0 Å². The average molecular weight is 216 g/mol. The average Bonchev–Trinajstić information content (AvgIpc) is 2.43. The molecule has 1 aliphatic rings. The Morgan fingerprint density at radius 1 is 1.47 bits per heavy atom. The Labute approximate surface area is 89.9 Å². The first-order chi connectivity index (χ1) is 6.82. The van der Waals surface area contributed by atoms with Gasteiger partial charge in [-0.3, -0.25) is 4.79 Å². The maximum absolute atomic E-state index is 11.5. The second-order valence-electron chi connectivity index (χ2n) is 5.03. The number of hydrogen-bond acceptors (Lipinski definition) is 4. The summed E-state index contributed by atoms with van der Waals surface area (Å²) in [5.74, 6) is -0.0575. The Morgan fingerprint density at radius 3 is 2.47 bits per heavy atom. The summed E-state index contributed by atoms with van der Waals surface area (Å²) in [6.45, 7) is 6.20. The van der Waals surface area contributed by atoms with Gasteiger partial charge in [-0.25, -0.2) is 0 Å². The van der Waals surface area contributed by atoms with Gasteiger partial charge in [0.15, 0.2) is 0 Å². The lowest BCUT2D eigenvalue weighted by molar-refractivity contribution is -0.128. The van der Waals surface area contributed by atoms with Gasteiger partial charge in [-0.15, -0.1) is 0 Å². The fourth-order valence-electron chi connectivity index (χ4n) is 1.44. The molecule has 0 aromatic carbocycles. The minimum atomic E-state index is -0.801. The number of hydrogen-bond donors (Lipinski definition) is 4. The van der Waals surface area contributed by atoms with Crippen molar-refractivity contribution in [2.45, 2.75) is 39.0 Å². The van der Waals surface area contributed by atoms with Gasteiger partial charge in [0.1, 0.15) is 0 Å². The van der Waals surface area contributed by atoms with Crippen molar-refractivity contribution in [3.8, 4) is 0 Å². The van der Waals surface area contributed by atoms with E-state index >= 15 is 0 Å². The number of carbonyl (C=O) groups is 1. The number of rotatable bonds is 2. The molecular formula is C10H20N2O3. The van der Waals surface area contributed by atoms with E-state index in [0.717, 1.165) is 0 Å². The van der Waals surface area contributed by atoms with Crippen LogP contribution in [0.3, 0.4) is 0 Å². The highest BCUT2D eigenvalue weighted by Gasteiger charge is 2.33. The molecule has 1 unspecified atom stereocenters. The van der Waals surface area contributed by atoms with Gasteiger partial charge in [0.2, 0.25) is 5.91 Å². The fourth-order valence-corrected chi connectivity index (χ4v) is 1.44. The summed E-state index contributed by atoms with van der Waals surface area (Å²) >= 11 is 0. The molecule has 1 saturated heterocycles. The van der Waals surface area contributed by atoms with E-state index in [1.54, 1.807) is 0 Å². The molecule has 3 atom stereocenters. The standard InChI is InChI=1S/C10H20N2O3/c1-10(2,3)9(15)12-4-6-8(14)7(13)5-11-6/h6-8,11,13-14H,4-5H2,1-3H3,(H,12,15)/t6?,7-,8-/m0/s1. The fraction of sp³-hybridized carbons (Fsp3) is 0.900. The van der Waals surface area contributed by atoms with E-state index in [1.807, 2.05) is 20.8 Å². The predicted octanol–water partition coefficient (Wildman–Crippen LogP) is -1.16. The van der Waals surface area contributed by atoms with Gasteiger partial charge in [0, 0.05) is 18.5 Å². The largest absolute Gasteiger partial charge is 0.389 e. The molecule has 0 radical (unpaired) electrons. The molecule has 1 heterocycles. The van der Waals surface area contributed by atoms with Crippen molar-refractivity contribution in [3.63, 3.8) is 0 Å². The Bertz CT molecular complexity index is 237. The number of β-amino-alcohol motifs (C(OH)–C–C–N with tert-alkyl or cyclic N) is 1. The van der Waals surface area contributed by atoms with Crippen LogP contribution in [0.15, 0.2) is 0 Å². The van der Waals surface area contributed by atoms with E-state index < -0.39 is 17.6 Å². The lowest BCUT2D eigenvalue weighted by Crippen LogP contribution is -2.46. The molecule has 1 rings (SSSR count). The third kappa shape index (κ3) is 3.15. The quantitative estimate of drug-likeness (QED) is 0.469. The molecule has 0 saturated carbocycles. The molecular weight excluding hydrogens is 196 g/mol. The van der Waals surface area contributed by atoms with Crippen molar-refractivity contribution < 1.29 is 15.0 Å². The summed E-state index contributed by atoms with van der Waals surface area (Å²) in [6, 6.07) is -0.258. The van der Waals surface area contributed by atoms with Gasteiger partial charge in [-0.1, -0.05) is 20.8 Å². The summed E-state index contributed by atoms with van der Waals surface area (Å²) in [5.41, 5.74) is -0.428. The minimum absolute atomic E-state index is 0.0575. The Balaban J connectivity index is 2.35. The molecule has 0 aliphatic carbocycles. The van der Waals surface area contributed by atoms with E-state index in [4.69, 9.17) is 0 Å². The predicted molar refractivity (Wildman–Crippen MR) is 56.3 cm³/mol. The Morgan fingerprint density at radius 2 is 2.07 bits per heavy atom. The third-order valence-electron chi connectivity index (χ3n) is 2.56. The Hall–Kier alpha value is -0.650. The highest BCUT2D eigenvalue weighted by Crippen LogP contribution is 2.13. The zero-order valence-corrected chi connectivity index (χ0v) is 9.45. The zero-order valence-electron chi connectivity index (χ0n) is 9.45. The molecule has 15 heavy (non-hydrogen) atoms. The lowest BCUT2D eigenvalue weighted by atomic mass is 9.95. The number of aliphatic hydroxyl groups excluding tert-OH is 2. The number of nitrogens with one attached hydrogen (secondary N) is 2. The van der Waals surface area contributed by atoms with E-state index in [1.165, 1.54) is 0 Å². The maximum Gasteiger partial charge on any atom is 0.225 e. The topological polar surface area (TPSA) is 81.6 Å². The van der Waals surface area contributed by atoms with Crippen LogP contribution in [0.4, 0.5) is 0 Å². The first-order valence-corrected chi connectivity index (χ1v) is 5.20. The van der Waals surface area contributed by atoms with Crippen LogP contribution in [-0.4, -0.2) is 47.5 Å². The molecule has 0 spiro atoms. The lowest BCUT2D eigenvalue weighted by Gasteiger charge is -2.21. The number of amides is 1. The van der Waals surface area contributed by atoms with Gasteiger partial charge >= 0.3 is 0 Å². The number of aliphatic hydroxyl groups is 2. The second kappa shape index (κ2) is 4.47. The van der Waals surface area contributed by atoms with Crippen LogP contribution in [0.5, 0.6) is 0 Å². The summed E-state index contributed by atoms with van der Waals surface area (Å²) in [4.78, 5) is 11.5. The summed E-state index contributed by atoms with van der Waals surface area (Å²) in [7, 11) is 0. The minimum Gasteiger partial charge on any atom is -0.389 e. The van der Waals surface area contributed by atoms with Crippen molar-refractivity contribution in [1.29, 1.82) is 0 Å². The Kier molecular flexibility index (Phi) is 3.70. The first kappa shape index (κ1) is 12.4. The maximum atomic E-state index is 11.5. The van der Waals surface area contributed by atoms with Crippen LogP contribution in [0, 0.1) is 5.41 Å². The van der Waals surface area contributed by atoms with Crippen LogP contribution >= 0.6 is 0 Å². The van der Waals surface area contributed by atoms with Crippen LogP contribution in [0.1, 0.15) is 20.8 Å². The van der Waals surface area contributed by atoms with Gasteiger partial charge in [0.25, 0.3) is 0 Å². The molecule has 5 nitrogen and oxygen atoms in total. The van der Waals surface area contributed by atoms with Crippen molar-refractivity contribution in [2.75, 3.05) is 13.1 Å². The van der Waals surface area contributed by atoms with Gasteiger partial charge in [-0.2, -0.15) is 0 Å². The zero-order chi connectivity index (χ0) is 11.6. The van der Waals surface area contributed by atoms with E-state index in [0.29, 0.717) is 13.1 Å². The van der Waals surface area contributed by atoms with Crippen molar-refractivity contribution in [1.82, 2.24) is 10.6 Å². The smallest absolute Gasteiger partial charge is 0.225 e. The van der Waals surface area contributed by atoms with E-state index in [9.17, 15) is 15.0 Å². The SMILES string of the molecule is CC(C)(C)C(=O)NCC1NC[C@H](O)[C@H]1O. The van der Waals surface area contributed by atoms with E-state index in [2.05, 4.69) is 10.6 Å². The first-order valence-electron chi connectivity index (χ1n) is 5.20. The molecule has 1 aliphatic heterocycles. The molecule has 88 valence electrons. The second-order valence-corrected chi connectivity index (χ2v) is 5.03. The van der Waals surface area contributed by atoms with Crippen LogP contribution in [0.25, 0.3) is 0 Å². The highest BCUT2D eigenvalue weighted by atomic mass is 16.3. The molecule has 0 bridgehead atoms. The monoisotopic (exact) mass is 216 g/mol. The third-order valence-corrected chi connectivity index (χ3v) is 2.56. The van der Waals surface area contributed by atoms with Crippen molar-refractivity contribution in [3.05, 3.63) is 0 Å². The van der Waals surface area contributed by atoms with Crippen LogP contribution < -0.4 is 10.6 Å². The van der Waals surface area contributed by atoms with Gasteiger partial charge in [0.05, 0.1) is 18.2 Å².